The predicted octanol–water partition coefficient (Wildman–Crippen LogP) is 6.22. The van der Waals surface area contributed by atoms with E-state index in [0.29, 0.717) is 43.9 Å². The first-order valence-electron chi connectivity index (χ1n) is 27.0. The van der Waals surface area contributed by atoms with Crippen molar-refractivity contribution in [1.82, 2.24) is 4.90 Å². The Hall–Kier alpha value is -2.11. The SMILES string of the molecule is COC1(C)CC[C@H]2[C@H](C)CC[C@H]3[C@@H](C)[C@H](OC(=O)CN(CC(=O)OC4O[C@@H]5OC6(C)CC[C@H]7[C@H](C)CC[C@@H]([C@H]4C)[C@@]57OO6)CC(=O)O[C@@H]4O[C@@H]5OC6(C)CC[C@H]7[C@H](C)CC[C@@H]([C@H]4C)[C@@]57OO6)O[C@H](O1)[C@]32O. The van der Waals surface area contributed by atoms with Gasteiger partial charge in [-0.2, -0.15) is 0 Å². The number of hydrogen-bond acceptors (Lipinski definition) is 19. The molecule has 0 amide bonds. The quantitative estimate of drug-likeness (QED) is 0.147. The van der Waals surface area contributed by atoms with Gasteiger partial charge in [-0.05, 0) is 114 Å². The summed E-state index contributed by atoms with van der Waals surface area (Å²) in [6.45, 7) is 16.5. The van der Waals surface area contributed by atoms with E-state index in [4.69, 9.17) is 66.9 Å². The molecule has 19 heteroatoms. The topological polar surface area (TPSA) is 204 Å². The number of nitrogens with zero attached hydrogens (tertiary/aromatic N) is 1. The predicted molar refractivity (Wildman–Crippen MR) is 242 cm³/mol. The van der Waals surface area contributed by atoms with Crippen LogP contribution in [-0.4, -0.2) is 127 Å². The lowest BCUT2D eigenvalue weighted by Crippen LogP contribution is -2.70. The first kappa shape index (κ1) is 51.0. The summed E-state index contributed by atoms with van der Waals surface area (Å²) < 4.78 is 63.3. The molecule has 3 saturated carbocycles. The van der Waals surface area contributed by atoms with E-state index in [1.165, 1.54) is 4.90 Å². The van der Waals surface area contributed by atoms with Crippen LogP contribution in [0.25, 0.3) is 0 Å². The third-order valence-corrected chi connectivity index (χ3v) is 20.2. The minimum Gasteiger partial charge on any atom is -0.434 e. The van der Waals surface area contributed by atoms with Crippen LogP contribution in [-0.2, 0) is 81.3 Å². The van der Waals surface area contributed by atoms with Crippen LogP contribution in [0, 0.1) is 71.0 Å². The average Bonchev–Trinajstić information content (AvgIpc) is 3.74. The highest BCUT2D eigenvalue weighted by molar-refractivity contribution is 5.78. The lowest BCUT2D eigenvalue weighted by molar-refractivity contribution is -0.576. The number of rotatable bonds is 10. The van der Waals surface area contributed by atoms with Gasteiger partial charge in [0.2, 0.25) is 30.4 Å². The Morgan fingerprint density at radius 3 is 1.34 bits per heavy atom. The zero-order valence-corrected chi connectivity index (χ0v) is 43.3. The second-order valence-corrected chi connectivity index (χ2v) is 24.5. The molecule has 1 N–H and O–H groups in total. The van der Waals surface area contributed by atoms with Crippen LogP contribution < -0.4 is 0 Å². The van der Waals surface area contributed by atoms with Gasteiger partial charge < -0.3 is 52.5 Å². The van der Waals surface area contributed by atoms with Crippen molar-refractivity contribution in [3.8, 4) is 0 Å². The highest BCUT2D eigenvalue weighted by atomic mass is 17.3. The molecule has 0 radical (unpaired) electrons. The van der Waals surface area contributed by atoms with Crippen molar-refractivity contribution >= 4 is 17.9 Å². The molecular weight excluding hydrogens is 927 g/mol. The summed E-state index contributed by atoms with van der Waals surface area (Å²) in [5.41, 5.74) is -3.07. The number of esters is 3. The van der Waals surface area contributed by atoms with Gasteiger partial charge in [0.1, 0.15) is 5.60 Å². The molecule has 71 heavy (non-hydrogen) atoms. The van der Waals surface area contributed by atoms with E-state index >= 15 is 0 Å². The summed E-state index contributed by atoms with van der Waals surface area (Å²) >= 11 is 0. The van der Waals surface area contributed by atoms with Crippen molar-refractivity contribution in [2.45, 2.75) is 211 Å². The number of aliphatic hydroxyl groups is 1. The van der Waals surface area contributed by atoms with Gasteiger partial charge in [-0.1, -0.05) is 41.5 Å². The fourth-order valence-corrected chi connectivity index (χ4v) is 16.0. The molecule has 3 aliphatic carbocycles. The van der Waals surface area contributed by atoms with E-state index in [1.54, 1.807) is 7.11 Å². The van der Waals surface area contributed by atoms with Gasteiger partial charge in [0.15, 0.2) is 35.9 Å². The van der Waals surface area contributed by atoms with Crippen LogP contribution in [0.15, 0.2) is 0 Å². The number of carbonyl (C=O) groups excluding carboxylic acids is 3. The maximum Gasteiger partial charge on any atom is 0.322 e. The zero-order valence-electron chi connectivity index (χ0n) is 43.3. The standard InChI is InChI=1S/C52H79NO18/c1-26-11-14-35-29(4)41(62-44-50(35,57)32(26)17-20-47(7,58-10)65-44)59-38(54)23-53(24-39(55)60-42-30(5)36-15-12-27(2)33-18-21-48(8)66-45(63-42)51(33,36)70-68-48)25-40(56)61-43-31(6)37-16-13-28(3)34-19-22-49(9)67-46(64-43)52(34,37)71-69-49/h26-37,41-46,57H,11-25H2,1-10H3/t26-,27-,28-,29-,30-,31-,32+,33+,34+,35+,36+,37+,41-,42-,43?,44-,45-,46-,47?,48?,49?,50-,51-,52-/m1/s1. The molecule has 10 saturated heterocycles. The van der Waals surface area contributed by atoms with Crippen LogP contribution in [0.1, 0.15) is 139 Å². The first-order valence-corrected chi connectivity index (χ1v) is 27.0. The average molecular weight is 1010 g/mol. The normalized spacial score (nSPS) is 53.7. The molecule has 0 aromatic heterocycles. The third-order valence-electron chi connectivity index (χ3n) is 20.2. The summed E-state index contributed by atoms with van der Waals surface area (Å²) in [7, 11) is 1.57. The molecule has 13 aliphatic rings. The maximum atomic E-state index is 14.3. The van der Waals surface area contributed by atoms with Gasteiger partial charge in [-0.3, -0.25) is 19.3 Å². The molecule has 2 spiro atoms. The van der Waals surface area contributed by atoms with Crippen molar-refractivity contribution in [2.75, 3.05) is 26.7 Å². The molecule has 400 valence electrons. The lowest BCUT2D eigenvalue weighted by atomic mass is 9.58. The van der Waals surface area contributed by atoms with E-state index in [-0.39, 0.29) is 53.3 Å². The molecule has 0 aromatic rings. The minimum absolute atomic E-state index is 0.104. The van der Waals surface area contributed by atoms with Crippen LogP contribution in [0.5, 0.6) is 0 Å². The molecule has 24 atom stereocenters. The molecule has 19 nitrogen and oxygen atoms in total. The van der Waals surface area contributed by atoms with Crippen molar-refractivity contribution in [2.24, 2.45) is 71.0 Å². The largest absolute Gasteiger partial charge is 0.434 e. The third kappa shape index (κ3) is 8.26. The molecule has 4 unspecified atom stereocenters. The summed E-state index contributed by atoms with van der Waals surface area (Å²) in [5.74, 6) is -5.86. The molecule has 10 heterocycles. The molecule has 13 fully saturated rings. The number of ether oxygens (including phenoxy) is 10. The summed E-state index contributed by atoms with van der Waals surface area (Å²) in [6, 6.07) is 0. The van der Waals surface area contributed by atoms with Crippen molar-refractivity contribution in [3.63, 3.8) is 0 Å². The Bertz CT molecular complexity index is 1960. The molecule has 13 rings (SSSR count). The maximum absolute atomic E-state index is 14.3. The highest BCUT2D eigenvalue weighted by Gasteiger charge is 2.72. The van der Waals surface area contributed by atoms with Crippen LogP contribution in [0.4, 0.5) is 0 Å². The van der Waals surface area contributed by atoms with Gasteiger partial charge in [0, 0.05) is 61.9 Å². The first-order chi connectivity index (χ1) is 33.6. The smallest absolute Gasteiger partial charge is 0.322 e. The Balaban J connectivity index is 0.818. The van der Waals surface area contributed by atoms with Gasteiger partial charge in [-0.25, -0.2) is 19.6 Å². The second-order valence-electron chi connectivity index (χ2n) is 24.5. The summed E-state index contributed by atoms with van der Waals surface area (Å²) in [4.78, 5) is 68.8. The van der Waals surface area contributed by atoms with Gasteiger partial charge in [-0.15, -0.1) is 0 Å². The Morgan fingerprint density at radius 1 is 0.493 bits per heavy atom. The molecule has 4 bridgehead atoms. The highest BCUT2D eigenvalue weighted by Crippen LogP contribution is 2.63. The van der Waals surface area contributed by atoms with Crippen molar-refractivity contribution < 1.29 is 86.4 Å². The second kappa shape index (κ2) is 18.3. The fourth-order valence-electron chi connectivity index (χ4n) is 16.0. The Morgan fingerprint density at radius 2 is 0.887 bits per heavy atom. The van der Waals surface area contributed by atoms with Crippen LogP contribution in [0.3, 0.4) is 0 Å². The van der Waals surface area contributed by atoms with Gasteiger partial charge in [0.25, 0.3) is 0 Å². The van der Waals surface area contributed by atoms with E-state index in [9.17, 15) is 19.5 Å². The number of hydrogen-bond donors (Lipinski definition) is 1. The molecular formula is C52H79NO18. The Labute approximate surface area is 417 Å². The number of carbonyl (C=O) groups is 3. The van der Waals surface area contributed by atoms with Crippen molar-refractivity contribution in [1.29, 1.82) is 0 Å². The summed E-state index contributed by atoms with van der Waals surface area (Å²) in [5, 5.41) is 12.6. The van der Waals surface area contributed by atoms with E-state index in [2.05, 4.69) is 20.8 Å². The fraction of sp³-hybridized carbons (Fsp3) is 0.942. The molecule has 10 aliphatic heterocycles. The van der Waals surface area contributed by atoms with Crippen LogP contribution >= 0.6 is 0 Å². The summed E-state index contributed by atoms with van der Waals surface area (Å²) in [6.07, 6.45) is 3.28. The van der Waals surface area contributed by atoms with Gasteiger partial charge >= 0.3 is 17.9 Å². The van der Waals surface area contributed by atoms with Crippen molar-refractivity contribution in [3.05, 3.63) is 0 Å². The number of methoxy groups -OCH3 is 1. The lowest BCUT2D eigenvalue weighted by Gasteiger charge is -2.60. The van der Waals surface area contributed by atoms with E-state index < -0.39 is 115 Å². The van der Waals surface area contributed by atoms with E-state index in [0.717, 1.165) is 44.9 Å². The zero-order chi connectivity index (χ0) is 50.2. The van der Waals surface area contributed by atoms with Crippen LogP contribution in [0.2, 0.25) is 0 Å². The molecule has 0 aromatic carbocycles. The minimum atomic E-state index is -1.34. The van der Waals surface area contributed by atoms with Gasteiger partial charge in [0.05, 0.1) is 19.6 Å². The Kier molecular flexibility index (Phi) is 13.1. The number of fused-ring (bicyclic) bond motifs is 4. The van der Waals surface area contributed by atoms with E-state index in [1.807, 2.05) is 41.5 Å². The monoisotopic (exact) mass is 1010 g/mol.